The number of aromatic nitrogens is 1. The molecular weight excluding hydrogens is 330 g/mol. The number of hydrogen-bond donors (Lipinski definition) is 0. The Hall–Kier alpha value is -2.84. The molecule has 0 unspecified atom stereocenters. The third kappa shape index (κ3) is 3.09. The van der Waals surface area contributed by atoms with Gasteiger partial charge in [0.25, 0.3) is 0 Å². The van der Waals surface area contributed by atoms with Crippen LogP contribution in [-0.2, 0) is 6.54 Å². The van der Waals surface area contributed by atoms with Crippen LogP contribution in [0.1, 0.15) is 15.9 Å². The fraction of sp³-hybridized carbons (Fsp3) is 0.0455. The van der Waals surface area contributed by atoms with Crippen molar-refractivity contribution in [2.45, 2.75) is 6.54 Å². The van der Waals surface area contributed by atoms with Gasteiger partial charge >= 0.3 is 0 Å². The van der Waals surface area contributed by atoms with E-state index in [1.807, 2.05) is 60.7 Å². The minimum atomic E-state index is 0.692. The topological polar surface area (TPSA) is 22.0 Å². The van der Waals surface area contributed by atoms with E-state index < -0.39 is 0 Å². The summed E-state index contributed by atoms with van der Waals surface area (Å²) >= 11 is 6.18. The average Bonchev–Trinajstić information content (AvgIpc) is 3.00. The Kier molecular flexibility index (Phi) is 4.12. The van der Waals surface area contributed by atoms with E-state index in [1.54, 1.807) is 0 Å². The minimum Gasteiger partial charge on any atom is -0.336 e. The third-order valence-electron chi connectivity index (χ3n) is 4.36. The van der Waals surface area contributed by atoms with Gasteiger partial charge in [0.15, 0.2) is 0 Å². The minimum absolute atomic E-state index is 0.692. The molecule has 0 bridgehead atoms. The molecule has 3 aromatic carbocycles. The highest BCUT2D eigenvalue weighted by Crippen LogP contribution is 2.30. The molecule has 122 valence electrons. The second-order valence-electron chi connectivity index (χ2n) is 6.05. The van der Waals surface area contributed by atoms with Crippen molar-refractivity contribution in [2.75, 3.05) is 0 Å². The zero-order valence-corrected chi connectivity index (χ0v) is 14.3. The lowest BCUT2D eigenvalue weighted by Gasteiger charge is -2.12. The third-order valence-corrected chi connectivity index (χ3v) is 4.60. The lowest BCUT2D eigenvalue weighted by atomic mass is 10.1. The van der Waals surface area contributed by atoms with Crippen LogP contribution < -0.4 is 0 Å². The maximum atomic E-state index is 11.1. The first-order valence-electron chi connectivity index (χ1n) is 8.13. The van der Waals surface area contributed by atoms with Crippen molar-refractivity contribution in [1.82, 2.24) is 4.57 Å². The summed E-state index contributed by atoms with van der Waals surface area (Å²) in [5.41, 5.74) is 5.20. The number of nitrogens with zero attached hydrogens (tertiary/aromatic N) is 1. The van der Waals surface area contributed by atoms with Gasteiger partial charge in [0.1, 0.15) is 6.29 Å². The number of rotatable bonds is 4. The first-order valence-corrected chi connectivity index (χ1v) is 8.51. The van der Waals surface area contributed by atoms with Gasteiger partial charge in [-0.1, -0.05) is 60.1 Å². The van der Waals surface area contributed by atoms with Crippen molar-refractivity contribution >= 4 is 28.8 Å². The van der Waals surface area contributed by atoms with Gasteiger partial charge in [-0.15, -0.1) is 0 Å². The lowest BCUT2D eigenvalue weighted by Crippen LogP contribution is -2.02. The van der Waals surface area contributed by atoms with Crippen molar-refractivity contribution < 1.29 is 4.79 Å². The van der Waals surface area contributed by atoms with E-state index in [2.05, 4.69) is 22.8 Å². The highest BCUT2D eigenvalue weighted by atomic mass is 35.5. The Labute approximate surface area is 151 Å². The van der Waals surface area contributed by atoms with Gasteiger partial charge in [-0.3, -0.25) is 4.79 Å². The number of hydrogen-bond acceptors (Lipinski definition) is 1. The van der Waals surface area contributed by atoms with Crippen LogP contribution in [-0.4, -0.2) is 10.9 Å². The van der Waals surface area contributed by atoms with Crippen LogP contribution in [0.15, 0.2) is 78.9 Å². The molecule has 0 saturated heterocycles. The molecule has 0 N–H and O–H groups in total. The summed E-state index contributed by atoms with van der Waals surface area (Å²) in [6.07, 6.45) is 0.884. The van der Waals surface area contributed by atoms with Crippen LogP contribution in [0.5, 0.6) is 0 Å². The highest BCUT2D eigenvalue weighted by molar-refractivity contribution is 6.31. The molecule has 1 aromatic heterocycles. The largest absolute Gasteiger partial charge is 0.336 e. The number of aldehydes is 1. The number of carbonyl (C=O) groups excluding carboxylic acids is 1. The van der Waals surface area contributed by atoms with Crippen LogP contribution in [0.2, 0.25) is 5.02 Å². The molecule has 2 nitrogen and oxygen atoms in total. The molecule has 4 rings (SSSR count). The van der Waals surface area contributed by atoms with Crippen LogP contribution in [0.3, 0.4) is 0 Å². The second kappa shape index (κ2) is 6.58. The Morgan fingerprint density at radius 1 is 0.880 bits per heavy atom. The Morgan fingerprint density at radius 2 is 1.72 bits per heavy atom. The van der Waals surface area contributed by atoms with E-state index in [0.29, 0.717) is 12.1 Å². The Bertz CT molecular complexity index is 1050. The van der Waals surface area contributed by atoms with Crippen LogP contribution >= 0.6 is 11.6 Å². The molecule has 0 amide bonds. The van der Waals surface area contributed by atoms with Gasteiger partial charge in [-0.05, 0) is 41.5 Å². The van der Waals surface area contributed by atoms with Gasteiger partial charge in [0.2, 0.25) is 0 Å². The molecule has 0 saturated carbocycles. The van der Waals surface area contributed by atoms with Crippen molar-refractivity contribution in [1.29, 1.82) is 0 Å². The van der Waals surface area contributed by atoms with Crippen LogP contribution in [0, 0.1) is 0 Å². The Balaban J connectivity index is 1.89. The number of fused-ring (bicyclic) bond motifs is 1. The standard InChI is InChI=1S/C22H16ClNO/c23-20-9-10-21-19(12-20)13-22(18-7-2-1-3-8-18)24(21)14-16-5-4-6-17(11-16)15-25/h1-13,15H,14H2. The van der Waals surface area contributed by atoms with Crippen molar-refractivity contribution in [3.8, 4) is 11.3 Å². The quantitative estimate of drug-likeness (QED) is 0.427. The molecule has 25 heavy (non-hydrogen) atoms. The summed E-state index contributed by atoms with van der Waals surface area (Å²) in [5.74, 6) is 0. The van der Waals surface area contributed by atoms with Gasteiger partial charge in [0, 0.05) is 33.7 Å². The number of halogens is 1. The number of carbonyl (C=O) groups is 1. The zero-order valence-electron chi connectivity index (χ0n) is 13.5. The zero-order chi connectivity index (χ0) is 17.2. The molecule has 1 heterocycles. The lowest BCUT2D eigenvalue weighted by molar-refractivity contribution is 0.112. The van der Waals surface area contributed by atoms with E-state index in [-0.39, 0.29) is 0 Å². The van der Waals surface area contributed by atoms with Gasteiger partial charge < -0.3 is 4.57 Å². The van der Waals surface area contributed by atoms with E-state index in [9.17, 15) is 4.79 Å². The summed E-state index contributed by atoms with van der Waals surface area (Å²) in [6.45, 7) is 0.692. The number of benzene rings is 3. The molecule has 0 aliphatic carbocycles. The molecular formula is C22H16ClNO. The molecule has 0 aliphatic rings. The SMILES string of the molecule is O=Cc1cccc(Cn2c(-c3ccccc3)cc3cc(Cl)ccc32)c1. The normalized spacial score (nSPS) is 10.9. The summed E-state index contributed by atoms with van der Waals surface area (Å²) in [7, 11) is 0. The summed E-state index contributed by atoms with van der Waals surface area (Å²) in [5, 5.41) is 1.84. The van der Waals surface area contributed by atoms with Gasteiger partial charge in [-0.25, -0.2) is 0 Å². The van der Waals surface area contributed by atoms with Crippen molar-refractivity contribution in [3.05, 3.63) is 95.0 Å². The maximum absolute atomic E-state index is 11.1. The van der Waals surface area contributed by atoms with Crippen LogP contribution in [0.4, 0.5) is 0 Å². The highest BCUT2D eigenvalue weighted by Gasteiger charge is 2.11. The molecule has 0 spiro atoms. The molecule has 4 aromatic rings. The maximum Gasteiger partial charge on any atom is 0.150 e. The predicted molar refractivity (Wildman–Crippen MR) is 103 cm³/mol. The molecule has 0 aliphatic heterocycles. The van der Waals surface area contributed by atoms with Crippen LogP contribution in [0.25, 0.3) is 22.2 Å². The van der Waals surface area contributed by atoms with E-state index in [0.717, 1.165) is 39.0 Å². The molecule has 0 atom stereocenters. The fourth-order valence-electron chi connectivity index (χ4n) is 3.21. The first kappa shape index (κ1) is 15.7. The smallest absolute Gasteiger partial charge is 0.150 e. The van der Waals surface area contributed by atoms with E-state index in [4.69, 9.17) is 11.6 Å². The fourth-order valence-corrected chi connectivity index (χ4v) is 3.39. The summed E-state index contributed by atoms with van der Waals surface area (Å²) in [4.78, 5) is 11.1. The summed E-state index contributed by atoms with van der Waals surface area (Å²) < 4.78 is 2.27. The summed E-state index contributed by atoms with van der Waals surface area (Å²) in [6, 6.07) is 26.1. The molecule has 3 heteroatoms. The predicted octanol–water partition coefficient (Wildman–Crippen LogP) is 5.82. The molecule has 0 radical (unpaired) electrons. The van der Waals surface area contributed by atoms with Crippen molar-refractivity contribution in [2.24, 2.45) is 0 Å². The average molecular weight is 346 g/mol. The van der Waals surface area contributed by atoms with E-state index in [1.165, 1.54) is 0 Å². The monoisotopic (exact) mass is 345 g/mol. The first-order chi connectivity index (χ1) is 12.2. The Morgan fingerprint density at radius 3 is 2.52 bits per heavy atom. The van der Waals surface area contributed by atoms with Gasteiger partial charge in [0.05, 0.1) is 0 Å². The molecule has 0 fully saturated rings. The second-order valence-corrected chi connectivity index (χ2v) is 6.48. The van der Waals surface area contributed by atoms with Gasteiger partial charge in [-0.2, -0.15) is 0 Å². The van der Waals surface area contributed by atoms with Crippen molar-refractivity contribution in [3.63, 3.8) is 0 Å². The van der Waals surface area contributed by atoms with E-state index >= 15 is 0 Å².